The van der Waals surface area contributed by atoms with Crippen molar-refractivity contribution in [3.8, 4) is 5.75 Å². The number of anilines is 1. The van der Waals surface area contributed by atoms with Crippen LogP contribution in [0.3, 0.4) is 0 Å². The highest BCUT2D eigenvalue weighted by atomic mass is 32.2. The van der Waals surface area contributed by atoms with Crippen LogP contribution >= 0.6 is 0 Å². The molecule has 20 heavy (non-hydrogen) atoms. The maximum absolute atomic E-state index is 12.2. The summed E-state index contributed by atoms with van der Waals surface area (Å²) in [7, 11) is 0.972. The van der Waals surface area contributed by atoms with Gasteiger partial charge in [0.25, 0.3) is 0 Å². The Morgan fingerprint density at radius 1 is 1.25 bits per heavy atom. The Bertz CT molecular complexity index is 560. The summed E-state index contributed by atoms with van der Waals surface area (Å²) in [4.78, 5) is 0.173. The number of nitrogens with zero attached hydrogens (tertiary/aromatic N) is 1. The Balaban J connectivity index is 3.09. The van der Waals surface area contributed by atoms with E-state index in [4.69, 9.17) is 4.74 Å². The van der Waals surface area contributed by atoms with Gasteiger partial charge in [0.05, 0.1) is 7.11 Å². The maximum atomic E-state index is 12.2. The molecule has 0 aliphatic carbocycles. The number of methoxy groups -OCH3 is 1. The van der Waals surface area contributed by atoms with Crippen LogP contribution in [0.25, 0.3) is 0 Å². The molecule has 0 saturated heterocycles. The number of hydrogen-bond acceptors (Lipinski definition) is 4. The van der Waals surface area contributed by atoms with Crippen LogP contribution in [0.15, 0.2) is 23.1 Å². The summed E-state index contributed by atoms with van der Waals surface area (Å²) in [6.07, 6.45) is 0. The molecule has 0 aliphatic heterocycles. The Labute approximate surface area is 122 Å². The van der Waals surface area contributed by atoms with Crippen molar-refractivity contribution in [1.82, 2.24) is 4.31 Å². The van der Waals surface area contributed by atoms with E-state index in [1.54, 1.807) is 18.2 Å². The highest BCUT2D eigenvalue weighted by Gasteiger charge is 2.22. The molecule has 0 aromatic heterocycles. The van der Waals surface area contributed by atoms with Crippen molar-refractivity contribution >= 4 is 15.7 Å². The highest BCUT2D eigenvalue weighted by molar-refractivity contribution is 7.89. The molecule has 1 aromatic carbocycles. The topological polar surface area (TPSA) is 58.6 Å². The lowest BCUT2D eigenvalue weighted by atomic mass is 9.97. The zero-order valence-electron chi connectivity index (χ0n) is 13.0. The minimum absolute atomic E-state index is 0.140. The fourth-order valence-electron chi connectivity index (χ4n) is 1.55. The predicted molar refractivity (Wildman–Crippen MR) is 81.8 cm³/mol. The maximum Gasteiger partial charge on any atom is 0.246 e. The van der Waals surface area contributed by atoms with Crippen LogP contribution in [0.2, 0.25) is 0 Å². The molecule has 0 heterocycles. The molecule has 0 fully saturated rings. The van der Waals surface area contributed by atoms with E-state index in [2.05, 4.69) is 26.1 Å². The van der Waals surface area contributed by atoms with E-state index in [0.717, 1.165) is 12.2 Å². The standard InChI is InChI=1S/C14H24N2O3S/c1-14(2,3)10-15-11-7-8-13(12(9-11)19-6)20(17,18)16(4)5/h7-9,15H,10H2,1-6H3. The first-order valence-corrected chi connectivity index (χ1v) is 7.86. The van der Waals surface area contributed by atoms with Gasteiger partial charge in [-0.1, -0.05) is 20.8 Å². The SMILES string of the molecule is COc1cc(NCC(C)(C)C)ccc1S(=O)(=O)N(C)C. The summed E-state index contributed by atoms with van der Waals surface area (Å²) < 4.78 is 30.7. The van der Waals surface area contributed by atoms with Gasteiger partial charge >= 0.3 is 0 Å². The molecule has 6 heteroatoms. The van der Waals surface area contributed by atoms with Gasteiger partial charge in [-0.05, 0) is 17.5 Å². The molecule has 1 aromatic rings. The third-order valence-electron chi connectivity index (χ3n) is 2.75. The molecule has 0 bridgehead atoms. The van der Waals surface area contributed by atoms with Gasteiger partial charge in [0.15, 0.2) is 0 Å². The molecule has 114 valence electrons. The van der Waals surface area contributed by atoms with E-state index in [1.165, 1.54) is 25.5 Å². The van der Waals surface area contributed by atoms with Gasteiger partial charge in [0.2, 0.25) is 10.0 Å². The number of benzene rings is 1. The molecular formula is C14H24N2O3S. The van der Waals surface area contributed by atoms with Crippen molar-refractivity contribution in [2.24, 2.45) is 5.41 Å². The third kappa shape index (κ3) is 4.11. The van der Waals surface area contributed by atoms with Crippen molar-refractivity contribution < 1.29 is 13.2 Å². The lowest BCUT2D eigenvalue weighted by Gasteiger charge is -2.20. The van der Waals surface area contributed by atoms with E-state index in [9.17, 15) is 8.42 Å². The van der Waals surface area contributed by atoms with E-state index in [0.29, 0.717) is 5.75 Å². The van der Waals surface area contributed by atoms with E-state index in [1.807, 2.05) is 0 Å². The molecule has 0 amide bonds. The van der Waals surface area contributed by atoms with E-state index < -0.39 is 10.0 Å². The van der Waals surface area contributed by atoms with Gasteiger partial charge in [-0.2, -0.15) is 0 Å². The Kier molecular flexibility index (Phi) is 5.05. The summed E-state index contributed by atoms with van der Waals surface area (Å²) in [5, 5.41) is 3.28. The predicted octanol–water partition coefficient (Wildman–Crippen LogP) is 2.40. The summed E-state index contributed by atoms with van der Waals surface area (Å²) >= 11 is 0. The van der Waals surface area contributed by atoms with Crippen LogP contribution in [0.5, 0.6) is 5.75 Å². The largest absolute Gasteiger partial charge is 0.495 e. The van der Waals surface area contributed by atoms with Gasteiger partial charge in [0.1, 0.15) is 10.6 Å². The minimum Gasteiger partial charge on any atom is -0.495 e. The first kappa shape index (κ1) is 16.8. The molecular weight excluding hydrogens is 276 g/mol. The Morgan fingerprint density at radius 2 is 1.85 bits per heavy atom. The summed E-state index contributed by atoms with van der Waals surface area (Å²) in [5.41, 5.74) is 0.983. The molecule has 0 atom stereocenters. The van der Waals surface area contributed by atoms with Crippen LogP contribution in [0.4, 0.5) is 5.69 Å². The second kappa shape index (κ2) is 6.01. The first-order chi connectivity index (χ1) is 9.08. The van der Waals surface area contributed by atoms with E-state index >= 15 is 0 Å². The summed E-state index contributed by atoms with van der Waals surface area (Å²) in [5.74, 6) is 0.345. The van der Waals surface area contributed by atoms with Gasteiger partial charge in [-0.25, -0.2) is 12.7 Å². The van der Waals surface area contributed by atoms with Gasteiger partial charge in [0, 0.05) is 32.4 Å². The number of hydrogen-bond donors (Lipinski definition) is 1. The normalized spacial score (nSPS) is 12.6. The number of rotatable bonds is 5. The molecule has 0 radical (unpaired) electrons. The van der Waals surface area contributed by atoms with Crippen molar-refractivity contribution in [3.63, 3.8) is 0 Å². The van der Waals surface area contributed by atoms with Gasteiger partial charge < -0.3 is 10.1 Å². The Morgan fingerprint density at radius 3 is 2.30 bits per heavy atom. The van der Waals surface area contributed by atoms with Crippen LogP contribution < -0.4 is 10.1 Å². The van der Waals surface area contributed by atoms with Crippen molar-refractivity contribution in [3.05, 3.63) is 18.2 Å². The number of nitrogens with one attached hydrogen (secondary N) is 1. The quantitative estimate of drug-likeness (QED) is 0.907. The lowest BCUT2D eigenvalue weighted by Crippen LogP contribution is -2.23. The zero-order valence-corrected chi connectivity index (χ0v) is 13.8. The molecule has 0 saturated carbocycles. The number of sulfonamides is 1. The van der Waals surface area contributed by atoms with Crippen molar-refractivity contribution in [2.45, 2.75) is 25.7 Å². The monoisotopic (exact) mass is 300 g/mol. The average molecular weight is 300 g/mol. The van der Waals surface area contributed by atoms with Crippen LogP contribution in [0.1, 0.15) is 20.8 Å². The second-order valence-electron chi connectivity index (χ2n) is 6.07. The lowest BCUT2D eigenvalue weighted by molar-refractivity contribution is 0.400. The second-order valence-corrected chi connectivity index (χ2v) is 8.19. The van der Waals surface area contributed by atoms with Crippen LogP contribution in [-0.2, 0) is 10.0 Å². The number of ether oxygens (including phenoxy) is 1. The van der Waals surface area contributed by atoms with Crippen LogP contribution in [0, 0.1) is 5.41 Å². The molecule has 1 rings (SSSR count). The van der Waals surface area contributed by atoms with Crippen LogP contribution in [-0.4, -0.2) is 40.5 Å². The smallest absolute Gasteiger partial charge is 0.246 e. The summed E-state index contributed by atoms with van der Waals surface area (Å²) in [6, 6.07) is 5.03. The highest BCUT2D eigenvalue weighted by Crippen LogP contribution is 2.29. The fourth-order valence-corrected chi connectivity index (χ4v) is 2.58. The van der Waals surface area contributed by atoms with Gasteiger partial charge in [-0.15, -0.1) is 0 Å². The average Bonchev–Trinajstić information content (AvgIpc) is 2.34. The molecule has 1 N–H and O–H groups in total. The first-order valence-electron chi connectivity index (χ1n) is 6.42. The van der Waals surface area contributed by atoms with Gasteiger partial charge in [-0.3, -0.25) is 0 Å². The summed E-state index contributed by atoms with van der Waals surface area (Å²) in [6.45, 7) is 7.17. The molecule has 0 spiro atoms. The fraction of sp³-hybridized carbons (Fsp3) is 0.571. The minimum atomic E-state index is -3.50. The van der Waals surface area contributed by atoms with E-state index in [-0.39, 0.29) is 10.3 Å². The molecule has 0 aliphatic rings. The molecule has 0 unspecified atom stereocenters. The third-order valence-corrected chi connectivity index (χ3v) is 4.60. The zero-order chi connectivity index (χ0) is 15.6. The van der Waals surface area contributed by atoms with Crippen molar-refractivity contribution in [1.29, 1.82) is 0 Å². The van der Waals surface area contributed by atoms with Crippen molar-refractivity contribution in [2.75, 3.05) is 33.1 Å². The Hall–Kier alpha value is -1.27. The molecule has 5 nitrogen and oxygen atoms in total.